The molecule has 0 atom stereocenters. The monoisotopic (exact) mass is 210 g/mol. The summed E-state index contributed by atoms with van der Waals surface area (Å²) in [7, 11) is 2.12. The molecule has 0 aliphatic carbocycles. The lowest BCUT2D eigenvalue weighted by Crippen LogP contribution is -1.90. The van der Waals surface area contributed by atoms with Gasteiger partial charge in [0.15, 0.2) is 0 Å². The number of aromatic nitrogens is 2. The Morgan fingerprint density at radius 1 is 1.12 bits per heavy atom. The van der Waals surface area contributed by atoms with Crippen molar-refractivity contribution in [3.05, 3.63) is 42.2 Å². The molecule has 0 N–H and O–H groups in total. The summed E-state index contributed by atoms with van der Waals surface area (Å²) < 4.78 is 2.24. The van der Waals surface area contributed by atoms with Crippen LogP contribution in [0.3, 0.4) is 0 Å². The van der Waals surface area contributed by atoms with Crippen LogP contribution in [-0.4, -0.2) is 9.55 Å². The zero-order valence-electron chi connectivity index (χ0n) is 9.57. The van der Waals surface area contributed by atoms with Gasteiger partial charge in [0.05, 0.1) is 5.52 Å². The van der Waals surface area contributed by atoms with E-state index in [1.165, 1.54) is 21.8 Å². The van der Waals surface area contributed by atoms with Gasteiger partial charge < -0.3 is 4.57 Å². The molecular weight excluding hydrogens is 196 g/mol. The van der Waals surface area contributed by atoms with Crippen molar-refractivity contribution in [2.75, 3.05) is 0 Å². The molecule has 3 aromatic rings. The van der Waals surface area contributed by atoms with Gasteiger partial charge in [0, 0.05) is 35.2 Å². The maximum atomic E-state index is 4.48. The summed E-state index contributed by atoms with van der Waals surface area (Å²) in [4.78, 5) is 4.48. The van der Waals surface area contributed by atoms with Gasteiger partial charge in [0.2, 0.25) is 0 Å². The molecule has 0 aliphatic rings. The van der Waals surface area contributed by atoms with Crippen molar-refractivity contribution in [3.63, 3.8) is 0 Å². The second-order valence-electron chi connectivity index (χ2n) is 4.12. The van der Waals surface area contributed by atoms with Gasteiger partial charge in [-0.1, -0.05) is 25.1 Å². The molecule has 2 nitrogen and oxygen atoms in total. The van der Waals surface area contributed by atoms with Crippen LogP contribution in [0.4, 0.5) is 0 Å². The third-order valence-electron chi connectivity index (χ3n) is 3.22. The maximum absolute atomic E-state index is 4.48. The van der Waals surface area contributed by atoms with E-state index in [1.54, 1.807) is 0 Å². The molecule has 0 fully saturated rings. The normalized spacial score (nSPS) is 11.4. The highest BCUT2D eigenvalue weighted by Gasteiger charge is 2.07. The molecule has 2 aromatic heterocycles. The average Bonchev–Trinajstić information content (AvgIpc) is 2.64. The molecule has 0 unspecified atom stereocenters. The second kappa shape index (κ2) is 3.34. The summed E-state index contributed by atoms with van der Waals surface area (Å²) in [5, 5.41) is 2.53. The van der Waals surface area contributed by atoms with Crippen molar-refractivity contribution in [2.45, 2.75) is 13.3 Å². The Hall–Kier alpha value is -1.83. The number of hydrogen-bond donors (Lipinski definition) is 0. The van der Waals surface area contributed by atoms with E-state index < -0.39 is 0 Å². The molecule has 80 valence electrons. The van der Waals surface area contributed by atoms with Crippen LogP contribution in [0, 0.1) is 0 Å². The molecule has 3 rings (SSSR count). The van der Waals surface area contributed by atoms with Crippen LogP contribution in [-0.2, 0) is 13.5 Å². The van der Waals surface area contributed by atoms with Crippen molar-refractivity contribution in [3.8, 4) is 0 Å². The van der Waals surface area contributed by atoms with Gasteiger partial charge in [-0.2, -0.15) is 0 Å². The first-order valence-electron chi connectivity index (χ1n) is 5.63. The van der Waals surface area contributed by atoms with Gasteiger partial charge in [-0.05, 0) is 18.6 Å². The standard InChI is InChI=1S/C14H14N2/c1-3-10-8-14-12(9-15-10)11-6-4-5-7-13(11)16(14)2/h4-9H,3H2,1-2H3. The van der Waals surface area contributed by atoms with Crippen molar-refractivity contribution in [1.29, 1.82) is 0 Å². The van der Waals surface area contributed by atoms with E-state index in [2.05, 4.69) is 53.9 Å². The van der Waals surface area contributed by atoms with Crippen LogP contribution >= 0.6 is 0 Å². The van der Waals surface area contributed by atoms with Crippen LogP contribution in [0.2, 0.25) is 0 Å². The lowest BCUT2D eigenvalue weighted by molar-refractivity contribution is 0.995. The van der Waals surface area contributed by atoms with E-state index in [9.17, 15) is 0 Å². The largest absolute Gasteiger partial charge is 0.344 e. The first-order chi connectivity index (χ1) is 7.81. The zero-order valence-corrected chi connectivity index (χ0v) is 9.57. The summed E-state index contributed by atoms with van der Waals surface area (Å²) in [6.07, 6.45) is 2.98. The summed E-state index contributed by atoms with van der Waals surface area (Å²) in [5.74, 6) is 0. The minimum absolute atomic E-state index is 0.984. The molecular formula is C14H14N2. The number of nitrogens with zero attached hydrogens (tertiary/aromatic N) is 2. The van der Waals surface area contributed by atoms with Crippen molar-refractivity contribution in [1.82, 2.24) is 9.55 Å². The summed E-state index contributed by atoms with van der Waals surface area (Å²) in [6, 6.07) is 10.7. The summed E-state index contributed by atoms with van der Waals surface area (Å²) in [6.45, 7) is 2.14. The third-order valence-corrected chi connectivity index (χ3v) is 3.22. The number of pyridine rings is 1. The SMILES string of the molecule is CCc1cc2c(cn1)c1ccccc1n2C. The van der Waals surface area contributed by atoms with E-state index >= 15 is 0 Å². The Morgan fingerprint density at radius 2 is 1.94 bits per heavy atom. The van der Waals surface area contributed by atoms with Gasteiger partial charge in [-0.15, -0.1) is 0 Å². The minimum atomic E-state index is 0.984. The van der Waals surface area contributed by atoms with E-state index in [-0.39, 0.29) is 0 Å². The third kappa shape index (κ3) is 1.16. The first-order valence-corrected chi connectivity index (χ1v) is 5.63. The van der Waals surface area contributed by atoms with E-state index in [1.807, 2.05) is 6.20 Å². The number of aryl methyl sites for hydroxylation is 2. The van der Waals surface area contributed by atoms with Crippen LogP contribution in [0.5, 0.6) is 0 Å². The molecule has 0 radical (unpaired) electrons. The highest BCUT2D eigenvalue weighted by atomic mass is 14.9. The average molecular weight is 210 g/mol. The van der Waals surface area contributed by atoms with Crippen molar-refractivity contribution < 1.29 is 0 Å². The maximum Gasteiger partial charge on any atom is 0.0522 e. The number of rotatable bonds is 1. The molecule has 16 heavy (non-hydrogen) atoms. The molecule has 0 saturated heterocycles. The Balaban J connectivity index is 2.51. The van der Waals surface area contributed by atoms with Crippen molar-refractivity contribution in [2.24, 2.45) is 7.05 Å². The number of para-hydroxylation sites is 1. The quantitative estimate of drug-likeness (QED) is 0.602. The predicted octanol–water partition coefficient (Wildman–Crippen LogP) is 3.29. The molecule has 0 spiro atoms. The minimum Gasteiger partial charge on any atom is -0.344 e. The fourth-order valence-corrected chi connectivity index (χ4v) is 2.29. The van der Waals surface area contributed by atoms with Crippen LogP contribution in [0.25, 0.3) is 21.8 Å². The lowest BCUT2D eigenvalue weighted by atomic mass is 10.2. The van der Waals surface area contributed by atoms with Gasteiger partial charge in [-0.3, -0.25) is 4.98 Å². The van der Waals surface area contributed by atoms with Gasteiger partial charge in [-0.25, -0.2) is 0 Å². The number of fused-ring (bicyclic) bond motifs is 3. The van der Waals surface area contributed by atoms with Crippen LogP contribution in [0.15, 0.2) is 36.5 Å². The first kappa shape index (κ1) is 9.40. The summed E-state index contributed by atoms with van der Waals surface area (Å²) >= 11 is 0. The molecule has 0 saturated carbocycles. The predicted molar refractivity (Wildman–Crippen MR) is 67.6 cm³/mol. The van der Waals surface area contributed by atoms with E-state index in [0.29, 0.717) is 0 Å². The van der Waals surface area contributed by atoms with Gasteiger partial charge in [0.1, 0.15) is 0 Å². The molecule has 0 amide bonds. The van der Waals surface area contributed by atoms with Gasteiger partial charge in [0.25, 0.3) is 0 Å². The van der Waals surface area contributed by atoms with E-state index in [0.717, 1.165) is 12.1 Å². The highest BCUT2D eigenvalue weighted by molar-refractivity contribution is 6.07. The molecule has 2 heteroatoms. The number of benzene rings is 1. The Labute approximate surface area is 94.5 Å². The Kier molecular flexibility index (Phi) is 1.96. The zero-order chi connectivity index (χ0) is 11.1. The fraction of sp³-hybridized carbons (Fsp3) is 0.214. The fourth-order valence-electron chi connectivity index (χ4n) is 2.29. The highest BCUT2D eigenvalue weighted by Crippen LogP contribution is 2.27. The van der Waals surface area contributed by atoms with Crippen molar-refractivity contribution >= 4 is 21.8 Å². The molecule has 1 aromatic carbocycles. The molecule has 2 heterocycles. The summed E-state index contributed by atoms with van der Waals surface area (Å²) in [5.41, 5.74) is 3.69. The Bertz CT molecular complexity index is 665. The number of hydrogen-bond acceptors (Lipinski definition) is 1. The topological polar surface area (TPSA) is 17.8 Å². The molecule has 0 aliphatic heterocycles. The second-order valence-corrected chi connectivity index (χ2v) is 4.12. The molecule has 0 bridgehead atoms. The lowest BCUT2D eigenvalue weighted by Gasteiger charge is -1.99. The van der Waals surface area contributed by atoms with E-state index in [4.69, 9.17) is 0 Å². The van der Waals surface area contributed by atoms with Gasteiger partial charge >= 0.3 is 0 Å². The van der Waals surface area contributed by atoms with Crippen LogP contribution < -0.4 is 0 Å². The van der Waals surface area contributed by atoms with Crippen LogP contribution in [0.1, 0.15) is 12.6 Å². The Morgan fingerprint density at radius 3 is 2.75 bits per heavy atom. The smallest absolute Gasteiger partial charge is 0.0522 e.